The summed E-state index contributed by atoms with van der Waals surface area (Å²) in [4.78, 5) is 19.9. The number of hydrogen-bond donors (Lipinski definition) is 1. The van der Waals surface area contributed by atoms with Gasteiger partial charge in [0.05, 0.1) is 5.75 Å². The van der Waals surface area contributed by atoms with Gasteiger partial charge in [0, 0.05) is 26.0 Å². The van der Waals surface area contributed by atoms with Crippen LogP contribution in [0.15, 0.2) is 12.3 Å². The highest BCUT2D eigenvalue weighted by Crippen LogP contribution is 2.05. The molecule has 0 amide bonds. The van der Waals surface area contributed by atoms with Gasteiger partial charge in [-0.3, -0.25) is 0 Å². The molecule has 0 spiro atoms. The zero-order valence-corrected chi connectivity index (χ0v) is 10.3. The molecule has 0 aliphatic carbocycles. The van der Waals surface area contributed by atoms with Crippen molar-refractivity contribution in [1.29, 1.82) is 0 Å². The molecular formula is C9H13N3O4S. The number of hydrogen-bond acceptors (Lipinski definition) is 6. The molecule has 94 valence electrons. The summed E-state index contributed by atoms with van der Waals surface area (Å²) in [5.41, 5.74) is -0.124. The average Bonchev–Trinajstić information content (AvgIpc) is 2.25. The minimum atomic E-state index is -3.07. The van der Waals surface area contributed by atoms with Gasteiger partial charge in [0.25, 0.3) is 0 Å². The molecular weight excluding hydrogens is 246 g/mol. The maximum Gasteiger partial charge on any atom is 0.354 e. The standard InChI is InChI=1S/C9H13N3O4S/c1-12(5-6-17(2,15)16)9-10-4-3-7(11-9)8(13)14/h3-4H,5-6H2,1-2H3,(H,13,14). The van der Waals surface area contributed by atoms with Crippen molar-refractivity contribution in [2.45, 2.75) is 0 Å². The molecule has 17 heavy (non-hydrogen) atoms. The van der Waals surface area contributed by atoms with E-state index in [0.717, 1.165) is 6.26 Å². The second-order valence-corrected chi connectivity index (χ2v) is 5.86. The maximum absolute atomic E-state index is 11.0. The molecule has 0 saturated heterocycles. The molecule has 1 heterocycles. The number of carbonyl (C=O) groups is 1. The number of carboxylic acid groups (broad SMARTS) is 1. The smallest absolute Gasteiger partial charge is 0.354 e. The van der Waals surface area contributed by atoms with E-state index in [1.54, 1.807) is 7.05 Å². The Morgan fingerprint density at radius 3 is 2.71 bits per heavy atom. The van der Waals surface area contributed by atoms with E-state index < -0.39 is 15.8 Å². The lowest BCUT2D eigenvalue weighted by molar-refractivity contribution is 0.0690. The molecule has 0 aliphatic heterocycles. The number of sulfone groups is 1. The third-order valence-electron chi connectivity index (χ3n) is 2.00. The monoisotopic (exact) mass is 259 g/mol. The summed E-state index contributed by atoms with van der Waals surface area (Å²) >= 11 is 0. The fraction of sp³-hybridized carbons (Fsp3) is 0.444. The van der Waals surface area contributed by atoms with Crippen LogP contribution in [0.25, 0.3) is 0 Å². The number of anilines is 1. The molecule has 1 N–H and O–H groups in total. The van der Waals surface area contributed by atoms with Crippen molar-refractivity contribution >= 4 is 21.8 Å². The maximum atomic E-state index is 11.0. The molecule has 0 aromatic carbocycles. The summed E-state index contributed by atoms with van der Waals surface area (Å²) in [6, 6.07) is 1.27. The van der Waals surface area contributed by atoms with Crippen molar-refractivity contribution in [3.05, 3.63) is 18.0 Å². The number of aromatic nitrogens is 2. The van der Waals surface area contributed by atoms with E-state index in [1.807, 2.05) is 0 Å². The summed E-state index contributed by atoms with van der Waals surface area (Å²) in [6.45, 7) is 0.210. The number of aromatic carboxylic acids is 1. The molecule has 0 aliphatic rings. The zero-order valence-electron chi connectivity index (χ0n) is 9.49. The van der Waals surface area contributed by atoms with Crippen molar-refractivity contribution in [3.8, 4) is 0 Å². The van der Waals surface area contributed by atoms with E-state index in [9.17, 15) is 13.2 Å². The molecule has 7 nitrogen and oxygen atoms in total. The topological polar surface area (TPSA) is 100 Å². The Morgan fingerprint density at radius 1 is 1.53 bits per heavy atom. The summed E-state index contributed by atoms with van der Waals surface area (Å²) in [5.74, 6) is -0.997. The third kappa shape index (κ3) is 4.35. The van der Waals surface area contributed by atoms with Crippen molar-refractivity contribution in [3.63, 3.8) is 0 Å². The van der Waals surface area contributed by atoms with Crippen LogP contribution < -0.4 is 4.90 Å². The summed E-state index contributed by atoms with van der Waals surface area (Å²) in [5, 5.41) is 8.75. The van der Waals surface area contributed by atoms with Crippen molar-refractivity contribution in [2.24, 2.45) is 0 Å². The van der Waals surface area contributed by atoms with Gasteiger partial charge in [0.1, 0.15) is 9.84 Å². The molecule has 0 saturated carbocycles. The largest absolute Gasteiger partial charge is 0.477 e. The van der Waals surface area contributed by atoms with Crippen LogP contribution in [0.5, 0.6) is 0 Å². The van der Waals surface area contributed by atoms with Crippen LogP contribution in [0.1, 0.15) is 10.5 Å². The Labute approximate surface area is 99.0 Å². The molecule has 1 rings (SSSR count). The SMILES string of the molecule is CN(CCS(C)(=O)=O)c1nccc(C(=O)O)n1. The van der Waals surface area contributed by atoms with Crippen molar-refractivity contribution < 1.29 is 18.3 Å². The van der Waals surface area contributed by atoms with Crippen LogP contribution in [-0.2, 0) is 9.84 Å². The predicted octanol–water partition coefficient (Wildman–Crippen LogP) is -0.344. The fourth-order valence-corrected chi connectivity index (χ4v) is 1.66. The van der Waals surface area contributed by atoms with Gasteiger partial charge < -0.3 is 10.0 Å². The van der Waals surface area contributed by atoms with Crippen LogP contribution in [0, 0.1) is 0 Å². The molecule has 0 bridgehead atoms. The van der Waals surface area contributed by atoms with Gasteiger partial charge >= 0.3 is 5.97 Å². The second-order valence-electron chi connectivity index (χ2n) is 3.60. The van der Waals surface area contributed by atoms with Crippen LogP contribution in [-0.4, -0.2) is 55.1 Å². The van der Waals surface area contributed by atoms with Crippen molar-refractivity contribution in [1.82, 2.24) is 9.97 Å². The highest BCUT2D eigenvalue weighted by atomic mass is 32.2. The van der Waals surface area contributed by atoms with E-state index in [1.165, 1.54) is 17.2 Å². The van der Waals surface area contributed by atoms with Gasteiger partial charge in [-0.15, -0.1) is 0 Å². The lowest BCUT2D eigenvalue weighted by Gasteiger charge is -2.16. The predicted molar refractivity (Wildman–Crippen MR) is 62.0 cm³/mol. The van der Waals surface area contributed by atoms with Crippen LogP contribution in [0.2, 0.25) is 0 Å². The summed E-state index contributed by atoms with van der Waals surface area (Å²) < 4.78 is 22.0. The van der Waals surface area contributed by atoms with E-state index in [2.05, 4.69) is 9.97 Å². The first-order valence-corrected chi connectivity index (χ1v) is 6.81. The van der Waals surface area contributed by atoms with Crippen LogP contribution in [0.3, 0.4) is 0 Å². The summed E-state index contributed by atoms with van der Waals surface area (Å²) in [7, 11) is -1.46. The second kappa shape index (κ2) is 5.09. The van der Waals surface area contributed by atoms with Gasteiger partial charge in [0.15, 0.2) is 5.69 Å². The van der Waals surface area contributed by atoms with E-state index in [4.69, 9.17) is 5.11 Å². The first-order chi connectivity index (χ1) is 7.79. The van der Waals surface area contributed by atoms with Crippen molar-refractivity contribution in [2.75, 3.05) is 30.5 Å². The van der Waals surface area contributed by atoms with Gasteiger partial charge in [-0.2, -0.15) is 0 Å². The zero-order chi connectivity index (χ0) is 13.1. The number of rotatable bonds is 5. The van der Waals surface area contributed by atoms with Gasteiger partial charge in [0.2, 0.25) is 5.95 Å². The lowest BCUT2D eigenvalue weighted by atomic mass is 10.4. The first kappa shape index (κ1) is 13.4. The van der Waals surface area contributed by atoms with Crippen LogP contribution in [0.4, 0.5) is 5.95 Å². The van der Waals surface area contributed by atoms with E-state index >= 15 is 0 Å². The first-order valence-electron chi connectivity index (χ1n) is 4.75. The third-order valence-corrected chi connectivity index (χ3v) is 2.93. The van der Waals surface area contributed by atoms with Crippen LogP contribution >= 0.6 is 0 Å². The number of carboxylic acids is 1. The number of nitrogens with zero attached hydrogens (tertiary/aromatic N) is 3. The lowest BCUT2D eigenvalue weighted by Crippen LogP contribution is -2.27. The Bertz CT molecular complexity index is 515. The molecule has 0 atom stereocenters. The van der Waals surface area contributed by atoms with Gasteiger partial charge in [-0.25, -0.2) is 23.2 Å². The molecule has 0 fully saturated rings. The Hall–Kier alpha value is -1.70. The van der Waals surface area contributed by atoms with E-state index in [-0.39, 0.29) is 23.9 Å². The Balaban J connectivity index is 2.79. The fourth-order valence-electron chi connectivity index (χ4n) is 1.05. The van der Waals surface area contributed by atoms with Gasteiger partial charge in [-0.1, -0.05) is 0 Å². The normalized spacial score (nSPS) is 11.2. The summed E-state index contributed by atoms with van der Waals surface area (Å²) in [6.07, 6.45) is 2.46. The van der Waals surface area contributed by atoms with E-state index in [0.29, 0.717) is 0 Å². The Kier molecular flexibility index (Phi) is 4.00. The average molecular weight is 259 g/mol. The minimum Gasteiger partial charge on any atom is -0.477 e. The molecule has 0 unspecified atom stereocenters. The molecule has 8 heteroatoms. The van der Waals surface area contributed by atoms with Gasteiger partial charge in [-0.05, 0) is 6.07 Å². The Morgan fingerprint density at radius 2 is 2.18 bits per heavy atom. The highest BCUT2D eigenvalue weighted by molar-refractivity contribution is 7.90. The molecule has 1 aromatic heterocycles. The molecule has 1 aromatic rings. The highest BCUT2D eigenvalue weighted by Gasteiger charge is 2.11. The quantitative estimate of drug-likeness (QED) is 0.771. The molecule has 0 radical (unpaired) electrons. The minimum absolute atomic E-state index is 0.0375.